The maximum absolute atomic E-state index is 13.7. The van der Waals surface area contributed by atoms with Crippen LogP contribution in [0.1, 0.15) is 5.56 Å². The van der Waals surface area contributed by atoms with E-state index in [1.807, 2.05) is 0 Å². The molecule has 0 aliphatic carbocycles. The van der Waals surface area contributed by atoms with Crippen LogP contribution in [-0.2, 0) is 11.2 Å². The van der Waals surface area contributed by atoms with Crippen molar-refractivity contribution in [3.63, 3.8) is 0 Å². The third-order valence-electron chi connectivity index (χ3n) is 1.99. The summed E-state index contributed by atoms with van der Waals surface area (Å²) in [6.45, 7) is 0. The van der Waals surface area contributed by atoms with Crippen LogP contribution >= 0.6 is 15.9 Å². The molecule has 6 heteroatoms. The molecule has 4 nitrogen and oxygen atoms in total. The second-order valence-corrected chi connectivity index (χ2v) is 3.78. The number of carboxylic acids is 1. The summed E-state index contributed by atoms with van der Waals surface area (Å²) in [4.78, 5) is 17.1. The van der Waals surface area contributed by atoms with Crippen molar-refractivity contribution >= 4 is 32.9 Å². The fraction of sp³-hybridized carbons (Fsp3) is 0.111. The summed E-state index contributed by atoms with van der Waals surface area (Å²) in [6.07, 6.45) is -0.341. The topological polar surface area (TPSA) is 66.0 Å². The molecule has 0 unspecified atom stereocenters. The van der Waals surface area contributed by atoms with Gasteiger partial charge in [-0.1, -0.05) is 6.07 Å². The van der Waals surface area contributed by atoms with Crippen LogP contribution in [0.3, 0.4) is 0 Å². The highest BCUT2D eigenvalue weighted by molar-refractivity contribution is 9.10. The quantitative estimate of drug-likeness (QED) is 0.880. The minimum atomic E-state index is -1.07. The van der Waals surface area contributed by atoms with Gasteiger partial charge in [-0.2, -0.15) is 0 Å². The Kier molecular flexibility index (Phi) is 2.44. The molecule has 0 saturated carbocycles. The normalized spacial score (nSPS) is 10.8. The van der Waals surface area contributed by atoms with E-state index in [0.717, 1.165) is 0 Å². The number of hydrogen-bond donors (Lipinski definition) is 2. The zero-order valence-corrected chi connectivity index (χ0v) is 9.01. The van der Waals surface area contributed by atoms with E-state index in [4.69, 9.17) is 5.11 Å². The number of aromatic nitrogens is 2. The average molecular weight is 273 g/mol. The maximum atomic E-state index is 13.7. The van der Waals surface area contributed by atoms with Gasteiger partial charge in [0.2, 0.25) is 0 Å². The first kappa shape index (κ1) is 10.1. The number of halogens is 2. The van der Waals surface area contributed by atoms with E-state index < -0.39 is 11.8 Å². The summed E-state index contributed by atoms with van der Waals surface area (Å²) in [5, 5.41) is 8.56. The molecule has 0 aliphatic heterocycles. The largest absolute Gasteiger partial charge is 0.481 e. The molecule has 0 atom stereocenters. The number of aromatic amines is 1. The number of benzene rings is 1. The molecule has 1 heterocycles. The minimum absolute atomic E-state index is 0.133. The van der Waals surface area contributed by atoms with Crippen LogP contribution in [0.15, 0.2) is 16.9 Å². The van der Waals surface area contributed by atoms with Crippen LogP contribution in [0.2, 0.25) is 0 Å². The summed E-state index contributed by atoms with van der Waals surface area (Å²) in [5.41, 5.74) is 0.822. The smallest absolute Gasteiger partial charge is 0.307 e. The van der Waals surface area contributed by atoms with Crippen molar-refractivity contribution in [2.45, 2.75) is 6.42 Å². The van der Waals surface area contributed by atoms with E-state index in [1.54, 1.807) is 6.07 Å². The Morgan fingerprint density at radius 2 is 2.33 bits per heavy atom. The molecule has 0 amide bonds. The number of nitrogens with one attached hydrogen (secondary N) is 1. The van der Waals surface area contributed by atoms with Crippen LogP contribution in [0.4, 0.5) is 4.39 Å². The van der Waals surface area contributed by atoms with E-state index in [1.165, 1.54) is 6.07 Å². The van der Waals surface area contributed by atoms with Crippen molar-refractivity contribution in [2.24, 2.45) is 0 Å². The average Bonchev–Trinajstić information content (AvgIpc) is 2.51. The lowest BCUT2D eigenvalue weighted by molar-refractivity contribution is -0.136. The molecule has 2 rings (SSSR count). The molecule has 0 bridgehead atoms. The fourth-order valence-corrected chi connectivity index (χ4v) is 1.74. The van der Waals surface area contributed by atoms with Crippen molar-refractivity contribution in [2.75, 3.05) is 0 Å². The molecule has 0 fully saturated rings. The number of carboxylic acid groups (broad SMARTS) is 1. The molecule has 0 spiro atoms. The predicted molar refractivity (Wildman–Crippen MR) is 55.1 cm³/mol. The Bertz CT molecular complexity index is 538. The molecular weight excluding hydrogens is 267 g/mol. The zero-order chi connectivity index (χ0) is 11.0. The third kappa shape index (κ3) is 1.85. The molecule has 0 aliphatic rings. The van der Waals surface area contributed by atoms with Crippen LogP contribution in [0.25, 0.3) is 11.0 Å². The van der Waals surface area contributed by atoms with Crippen molar-refractivity contribution in [3.05, 3.63) is 28.2 Å². The van der Waals surface area contributed by atoms with Gasteiger partial charge < -0.3 is 10.1 Å². The molecule has 0 saturated heterocycles. The highest BCUT2D eigenvalue weighted by Crippen LogP contribution is 2.21. The van der Waals surface area contributed by atoms with Crippen molar-refractivity contribution in [3.8, 4) is 0 Å². The molecular formula is C9H6BrFN2O2. The summed E-state index contributed by atoms with van der Waals surface area (Å²) >= 11 is 3.08. The van der Waals surface area contributed by atoms with Crippen LogP contribution in [-0.4, -0.2) is 21.0 Å². The lowest BCUT2D eigenvalue weighted by Crippen LogP contribution is -2.02. The molecule has 2 N–H and O–H groups in total. The van der Waals surface area contributed by atoms with Gasteiger partial charge in [0.05, 0.1) is 11.9 Å². The van der Waals surface area contributed by atoms with Gasteiger partial charge in [-0.3, -0.25) is 4.79 Å². The number of rotatable bonds is 2. The first-order valence-corrected chi connectivity index (χ1v) is 4.91. The first-order valence-electron chi connectivity index (χ1n) is 4.12. The van der Waals surface area contributed by atoms with E-state index in [-0.39, 0.29) is 17.5 Å². The number of H-pyrrole nitrogens is 1. The first-order chi connectivity index (χ1) is 7.08. The molecule has 0 radical (unpaired) electrons. The van der Waals surface area contributed by atoms with Gasteiger partial charge in [-0.05, 0) is 22.0 Å². The number of imidazole rings is 1. The molecule has 1 aromatic carbocycles. The highest BCUT2D eigenvalue weighted by Gasteiger charge is 2.13. The standard InChI is InChI=1S/C9H6BrFN2O2/c10-9-12-5-2-1-4(3-6(14)15)7(11)8(5)13-9/h1-2H,3H2,(H,12,13)(H,14,15). The highest BCUT2D eigenvalue weighted by atomic mass is 79.9. The number of nitrogens with zero attached hydrogens (tertiary/aromatic N) is 1. The second-order valence-electron chi connectivity index (χ2n) is 3.03. The molecule has 78 valence electrons. The van der Waals surface area contributed by atoms with Gasteiger partial charge in [0.25, 0.3) is 0 Å². The Balaban J connectivity index is 2.58. The Labute approximate surface area is 92.3 Å². The Morgan fingerprint density at radius 3 is 3.00 bits per heavy atom. The monoisotopic (exact) mass is 272 g/mol. The maximum Gasteiger partial charge on any atom is 0.307 e. The Morgan fingerprint density at radius 1 is 1.60 bits per heavy atom. The summed E-state index contributed by atoms with van der Waals surface area (Å²) < 4.78 is 14.1. The van der Waals surface area contributed by atoms with Gasteiger partial charge in [-0.25, -0.2) is 9.37 Å². The fourth-order valence-electron chi connectivity index (χ4n) is 1.35. The van der Waals surface area contributed by atoms with Crippen molar-refractivity contribution in [1.29, 1.82) is 0 Å². The van der Waals surface area contributed by atoms with Crippen molar-refractivity contribution in [1.82, 2.24) is 9.97 Å². The summed E-state index contributed by atoms with van der Waals surface area (Å²) in [5.74, 6) is -1.65. The predicted octanol–water partition coefficient (Wildman–Crippen LogP) is 2.09. The number of carbonyl (C=O) groups is 1. The van der Waals surface area contributed by atoms with Gasteiger partial charge in [0.1, 0.15) is 5.52 Å². The van der Waals surface area contributed by atoms with E-state index in [2.05, 4.69) is 25.9 Å². The Hall–Kier alpha value is -1.43. The SMILES string of the molecule is O=C(O)Cc1ccc2[nH]c(Br)nc2c1F. The van der Waals surface area contributed by atoms with E-state index >= 15 is 0 Å². The lowest BCUT2D eigenvalue weighted by Gasteiger charge is -1.99. The molecule has 15 heavy (non-hydrogen) atoms. The lowest BCUT2D eigenvalue weighted by atomic mass is 10.1. The molecule has 1 aromatic heterocycles. The van der Waals surface area contributed by atoms with Crippen LogP contribution in [0, 0.1) is 5.82 Å². The summed E-state index contributed by atoms with van der Waals surface area (Å²) in [7, 11) is 0. The van der Waals surface area contributed by atoms with Gasteiger partial charge >= 0.3 is 5.97 Å². The number of hydrogen-bond acceptors (Lipinski definition) is 2. The van der Waals surface area contributed by atoms with Gasteiger partial charge in [0, 0.05) is 5.56 Å². The van der Waals surface area contributed by atoms with Crippen molar-refractivity contribution < 1.29 is 14.3 Å². The second kappa shape index (κ2) is 3.62. The van der Waals surface area contributed by atoms with Crippen LogP contribution < -0.4 is 0 Å². The van der Waals surface area contributed by atoms with Gasteiger partial charge in [-0.15, -0.1) is 0 Å². The third-order valence-corrected chi connectivity index (χ3v) is 2.36. The van der Waals surface area contributed by atoms with E-state index in [9.17, 15) is 9.18 Å². The summed E-state index contributed by atoms with van der Waals surface area (Å²) in [6, 6.07) is 3.05. The van der Waals surface area contributed by atoms with E-state index in [0.29, 0.717) is 10.3 Å². The zero-order valence-electron chi connectivity index (χ0n) is 7.42. The van der Waals surface area contributed by atoms with Gasteiger partial charge in [0.15, 0.2) is 10.6 Å². The van der Waals surface area contributed by atoms with Crippen LogP contribution in [0.5, 0.6) is 0 Å². The number of fused-ring (bicyclic) bond motifs is 1. The minimum Gasteiger partial charge on any atom is -0.481 e. The number of aliphatic carboxylic acids is 1. The molecule has 2 aromatic rings.